The van der Waals surface area contributed by atoms with E-state index in [1.165, 1.54) is 25.1 Å². The van der Waals surface area contributed by atoms with Gasteiger partial charge in [0.1, 0.15) is 17.1 Å². The summed E-state index contributed by atoms with van der Waals surface area (Å²) in [5.41, 5.74) is 2.28. The minimum Gasteiger partial charge on any atom is -0.455 e. The van der Waals surface area contributed by atoms with Crippen LogP contribution in [0.4, 0.5) is 27.6 Å². The van der Waals surface area contributed by atoms with Crippen molar-refractivity contribution in [3.63, 3.8) is 0 Å². The number of hydrogen-bond acceptors (Lipinski definition) is 6. The van der Waals surface area contributed by atoms with Gasteiger partial charge in [-0.1, -0.05) is 6.07 Å². The zero-order valence-corrected chi connectivity index (χ0v) is 20.0. The second-order valence-electron chi connectivity index (χ2n) is 7.59. The first-order chi connectivity index (χ1) is 17.2. The molecule has 14 heteroatoms. The van der Waals surface area contributed by atoms with E-state index in [0.717, 1.165) is 30.5 Å². The Kier molecular flexibility index (Phi) is 7.93. The molecule has 0 aliphatic heterocycles. The number of nitrogens with zero attached hydrogens (tertiary/aromatic N) is 2. The number of nitrogens with one attached hydrogen (secondary N) is 1. The lowest BCUT2D eigenvalue weighted by Crippen LogP contribution is -2.19. The highest BCUT2D eigenvalue weighted by molar-refractivity contribution is 7.93. The maximum absolute atomic E-state index is 15.1. The number of carbonyl (C=O) groups is 2. The molecular weight excluding hydrogens is 523 g/mol. The number of ether oxygens (including phenoxy) is 1. The van der Waals surface area contributed by atoms with Crippen molar-refractivity contribution in [1.29, 1.82) is 0 Å². The highest BCUT2D eigenvalue weighted by atomic mass is 32.2. The molecular formula is C23H19F5N4O4S. The number of aromatic nitrogens is 1. The van der Waals surface area contributed by atoms with E-state index >= 15 is 4.39 Å². The molecule has 2 amide bonds. The molecule has 0 bridgehead atoms. The van der Waals surface area contributed by atoms with E-state index in [1.807, 2.05) is 0 Å². The van der Waals surface area contributed by atoms with Crippen molar-refractivity contribution in [2.45, 2.75) is 18.0 Å². The van der Waals surface area contributed by atoms with E-state index < -0.39 is 62.9 Å². The number of amides is 2. The van der Waals surface area contributed by atoms with Crippen molar-refractivity contribution in [3.05, 3.63) is 77.1 Å². The van der Waals surface area contributed by atoms with Crippen LogP contribution in [-0.4, -0.2) is 33.8 Å². The smallest absolute Gasteiger partial charge is 0.419 e. The first-order valence-electron chi connectivity index (χ1n) is 10.3. The standard InChI is InChI=1S/C23H19F5N4O4S/c1-12-16(8-9-18(24)30-12)36-17-7-6-15(23(26,27)28)21(25)20(17)22(34)31-13-4-3-5-14(10-13)37(2,35)32-19(33)11-29/h3-10H,11,29H2,1-2H3,(H,31,34)/t37-/m1/s1. The number of nitrogens with two attached hydrogens (primary N) is 1. The van der Waals surface area contributed by atoms with Gasteiger partial charge in [0.25, 0.3) is 11.8 Å². The lowest BCUT2D eigenvalue weighted by atomic mass is 10.1. The second-order valence-corrected chi connectivity index (χ2v) is 9.85. The average Bonchev–Trinajstić information content (AvgIpc) is 2.80. The molecule has 196 valence electrons. The van der Waals surface area contributed by atoms with Crippen LogP contribution >= 0.6 is 0 Å². The Morgan fingerprint density at radius 2 is 1.78 bits per heavy atom. The Bertz CT molecular complexity index is 1500. The normalized spacial score (nSPS) is 13.0. The van der Waals surface area contributed by atoms with Crippen molar-refractivity contribution in [2.75, 3.05) is 18.1 Å². The number of halogens is 5. The summed E-state index contributed by atoms with van der Waals surface area (Å²) in [4.78, 5) is 28.0. The second kappa shape index (κ2) is 10.6. The van der Waals surface area contributed by atoms with Crippen LogP contribution in [-0.2, 0) is 20.7 Å². The summed E-state index contributed by atoms with van der Waals surface area (Å²) in [5, 5.41) is 2.23. The fraction of sp³-hybridized carbons (Fsp3) is 0.174. The van der Waals surface area contributed by atoms with E-state index in [1.54, 1.807) is 0 Å². The summed E-state index contributed by atoms with van der Waals surface area (Å²) in [7, 11) is -3.28. The van der Waals surface area contributed by atoms with Crippen molar-refractivity contribution in [1.82, 2.24) is 4.98 Å². The Balaban J connectivity index is 2.06. The van der Waals surface area contributed by atoms with Gasteiger partial charge < -0.3 is 15.8 Å². The van der Waals surface area contributed by atoms with Gasteiger partial charge in [-0.3, -0.25) is 9.59 Å². The maximum atomic E-state index is 15.1. The van der Waals surface area contributed by atoms with E-state index in [0.29, 0.717) is 6.07 Å². The number of pyridine rings is 1. The van der Waals surface area contributed by atoms with Crippen LogP contribution in [0.2, 0.25) is 0 Å². The molecule has 3 rings (SSSR count). The number of carbonyl (C=O) groups excluding carboxylic acids is 2. The molecule has 0 fully saturated rings. The summed E-state index contributed by atoms with van der Waals surface area (Å²) in [6, 6.07) is 8.31. The predicted octanol–water partition coefficient (Wildman–Crippen LogP) is 4.67. The topological polar surface area (TPSA) is 124 Å². The van der Waals surface area contributed by atoms with E-state index in [-0.39, 0.29) is 22.0 Å². The third-order valence-electron chi connectivity index (χ3n) is 4.84. The Morgan fingerprint density at radius 3 is 2.41 bits per heavy atom. The predicted molar refractivity (Wildman–Crippen MR) is 124 cm³/mol. The SMILES string of the molecule is Cc1nc(F)ccc1Oc1ccc(C(F)(F)F)c(F)c1C(=O)Nc1cccc([S@@](C)(=O)=NC(=O)CN)c1. The van der Waals surface area contributed by atoms with Gasteiger partial charge in [-0.25, -0.2) is 13.6 Å². The quantitative estimate of drug-likeness (QED) is 0.345. The monoisotopic (exact) mass is 542 g/mol. The molecule has 1 heterocycles. The number of anilines is 1. The molecule has 37 heavy (non-hydrogen) atoms. The molecule has 3 N–H and O–H groups in total. The molecule has 3 aromatic rings. The van der Waals surface area contributed by atoms with Crippen LogP contribution in [0.25, 0.3) is 0 Å². The first-order valence-corrected chi connectivity index (χ1v) is 12.2. The lowest BCUT2D eigenvalue weighted by molar-refractivity contribution is -0.140. The summed E-state index contributed by atoms with van der Waals surface area (Å²) < 4.78 is 90.2. The number of benzene rings is 2. The number of hydrogen-bond donors (Lipinski definition) is 2. The van der Waals surface area contributed by atoms with Crippen LogP contribution in [0.5, 0.6) is 11.5 Å². The van der Waals surface area contributed by atoms with Gasteiger partial charge >= 0.3 is 6.18 Å². The highest BCUT2D eigenvalue weighted by Gasteiger charge is 2.37. The highest BCUT2D eigenvalue weighted by Crippen LogP contribution is 2.38. The zero-order valence-electron chi connectivity index (χ0n) is 19.2. The fourth-order valence-corrected chi connectivity index (χ4v) is 4.35. The van der Waals surface area contributed by atoms with Gasteiger partial charge in [-0.15, -0.1) is 0 Å². The van der Waals surface area contributed by atoms with E-state index in [4.69, 9.17) is 10.5 Å². The number of alkyl halides is 3. The molecule has 0 spiro atoms. The molecule has 1 atom stereocenters. The molecule has 2 aromatic carbocycles. The van der Waals surface area contributed by atoms with Crippen LogP contribution in [0.3, 0.4) is 0 Å². The van der Waals surface area contributed by atoms with E-state index in [2.05, 4.69) is 14.7 Å². The molecule has 0 saturated carbocycles. The molecule has 0 saturated heterocycles. The minimum atomic E-state index is -5.13. The van der Waals surface area contributed by atoms with Crippen molar-refractivity contribution in [2.24, 2.45) is 10.1 Å². The van der Waals surface area contributed by atoms with Gasteiger partial charge in [-0.2, -0.15) is 21.9 Å². The van der Waals surface area contributed by atoms with Gasteiger partial charge in [-0.05, 0) is 49.4 Å². The molecule has 0 radical (unpaired) electrons. The summed E-state index contributed by atoms with van der Waals surface area (Å²) in [6.45, 7) is 0.856. The number of aryl methyl sites for hydroxylation is 1. The first kappa shape index (κ1) is 27.7. The Hall–Kier alpha value is -3.91. The molecule has 1 aromatic heterocycles. The van der Waals surface area contributed by atoms with Crippen molar-refractivity contribution >= 4 is 27.2 Å². The molecule has 8 nitrogen and oxygen atoms in total. The summed E-state index contributed by atoms with van der Waals surface area (Å²) in [5.74, 6) is -5.66. The fourth-order valence-electron chi connectivity index (χ4n) is 3.11. The third-order valence-corrected chi connectivity index (χ3v) is 6.52. The Morgan fingerprint density at radius 1 is 1.11 bits per heavy atom. The van der Waals surface area contributed by atoms with Gasteiger partial charge in [0.15, 0.2) is 5.82 Å². The summed E-state index contributed by atoms with van der Waals surface area (Å²) >= 11 is 0. The van der Waals surface area contributed by atoms with Crippen LogP contribution in [0.1, 0.15) is 21.6 Å². The molecule has 0 unspecified atom stereocenters. The number of rotatable bonds is 6. The van der Waals surface area contributed by atoms with Crippen LogP contribution in [0, 0.1) is 18.7 Å². The van der Waals surface area contributed by atoms with Gasteiger partial charge in [0, 0.05) is 16.8 Å². The largest absolute Gasteiger partial charge is 0.455 e. The van der Waals surface area contributed by atoms with Crippen molar-refractivity contribution in [3.8, 4) is 11.5 Å². The minimum absolute atomic E-state index is 0.00102. The Labute approximate surface area is 207 Å². The molecule has 0 aliphatic carbocycles. The average molecular weight is 542 g/mol. The maximum Gasteiger partial charge on any atom is 0.419 e. The zero-order chi connectivity index (χ0) is 27.5. The van der Waals surface area contributed by atoms with Crippen LogP contribution in [0.15, 0.2) is 57.8 Å². The third kappa shape index (κ3) is 6.46. The van der Waals surface area contributed by atoms with Gasteiger partial charge in [0.05, 0.1) is 27.5 Å². The summed E-state index contributed by atoms with van der Waals surface area (Å²) in [6.07, 6.45) is -3.98. The van der Waals surface area contributed by atoms with Crippen LogP contribution < -0.4 is 15.8 Å². The van der Waals surface area contributed by atoms with E-state index in [9.17, 15) is 31.4 Å². The lowest BCUT2D eigenvalue weighted by Gasteiger charge is -2.17. The molecule has 0 aliphatic rings. The van der Waals surface area contributed by atoms with Gasteiger partial charge in [0.2, 0.25) is 5.95 Å². The van der Waals surface area contributed by atoms with Crippen molar-refractivity contribution < 1.29 is 40.5 Å².